The molecule has 0 aromatic heterocycles. The Bertz CT molecular complexity index is 546. The van der Waals surface area contributed by atoms with Gasteiger partial charge in [0.05, 0.1) is 5.41 Å². The molecule has 1 aromatic rings. The molecule has 0 spiro atoms. The molecule has 4 nitrogen and oxygen atoms in total. The van der Waals surface area contributed by atoms with Crippen molar-refractivity contribution in [1.82, 2.24) is 10.2 Å². The molecule has 0 radical (unpaired) electrons. The molecule has 1 saturated carbocycles. The smallest absolute Gasteiger partial charge is 0.230 e. The van der Waals surface area contributed by atoms with Crippen molar-refractivity contribution in [2.24, 2.45) is 0 Å². The van der Waals surface area contributed by atoms with Gasteiger partial charge in [-0.25, -0.2) is 0 Å². The highest BCUT2D eigenvalue weighted by molar-refractivity contribution is 5.89. The van der Waals surface area contributed by atoms with Crippen molar-refractivity contribution in [3.63, 3.8) is 0 Å². The van der Waals surface area contributed by atoms with Crippen LogP contribution >= 0.6 is 0 Å². The van der Waals surface area contributed by atoms with Crippen LogP contribution in [0.25, 0.3) is 0 Å². The van der Waals surface area contributed by atoms with Crippen molar-refractivity contribution >= 4 is 11.8 Å². The Morgan fingerprint density at radius 2 is 1.91 bits per heavy atom. The number of hydrogen-bond donors (Lipinski definition) is 1. The first-order valence-corrected chi connectivity index (χ1v) is 8.01. The average molecular weight is 302 g/mol. The zero-order valence-electron chi connectivity index (χ0n) is 13.8. The summed E-state index contributed by atoms with van der Waals surface area (Å²) >= 11 is 0. The quantitative estimate of drug-likeness (QED) is 0.908. The summed E-state index contributed by atoms with van der Waals surface area (Å²) in [6, 6.07) is 8.26. The molecule has 120 valence electrons. The minimum atomic E-state index is -0.410. The zero-order chi connectivity index (χ0) is 16.2. The van der Waals surface area contributed by atoms with Crippen LogP contribution in [0, 0.1) is 6.92 Å². The molecule has 2 rings (SSSR count). The van der Waals surface area contributed by atoms with Crippen molar-refractivity contribution in [1.29, 1.82) is 0 Å². The second-order valence-corrected chi connectivity index (χ2v) is 6.45. The molecule has 2 amide bonds. The number of rotatable bonds is 5. The highest BCUT2D eigenvalue weighted by atomic mass is 16.2. The van der Waals surface area contributed by atoms with Gasteiger partial charge in [0.2, 0.25) is 11.8 Å². The lowest BCUT2D eigenvalue weighted by Gasteiger charge is -2.28. The first-order chi connectivity index (χ1) is 10.5. The van der Waals surface area contributed by atoms with Crippen LogP contribution in [0.5, 0.6) is 0 Å². The Morgan fingerprint density at radius 3 is 2.50 bits per heavy atom. The van der Waals surface area contributed by atoms with Crippen LogP contribution in [0.2, 0.25) is 0 Å². The third kappa shape index (κ3) is 3.49. The molecule has 1 N–H and O–H groups in total. The fraction of sp³-hybridized carbons (Fsp3) is 0.556. The summed E-state index contributed by atoms with van der Waals surface area (Å²) in [5, 5.41) is 2.98. The van der Waals surface area contributed by atoms with Gasteiger partial charge in [-0.1, -0.05) is 42.7 Å². The summed E-state index contributed by atoms with van der Waals surface area (Å²) in [7, 11) is 3.46. The second-order valence-electron chi connectivity index (χ2n) is 6.45. The molecule has 0 saturated heterocycles. The Kier molecular flexibility index (Phi) is 5.22. The van der Waals surface area contributed by atoms with Gasteiger partial charge in [-0.3, -0.25) is 9.59 Å². The first kappa shape index (κ1) is 16.5. The lowest BCUT2D eigenvalue weighted by molar-refractivity contribution is -0.129. The van der Waals surface area contributed by atoms with E-state index in [9.17, 15) is 9.59 Å². The normalized spacial score (nSPS) is 16.3. The van der Waals surface area contributed by atoms with Gasteiger partial charge in [0.1, 0.15) is 0 Å². The van der Waals surface area contributed by atoms with E-state index >= 15 is 0 Å². The zero-order valence-corrected chi connectivity index (χ0v) is 13.8. The number of carbonyl (C=O) groups is 2. The van der Waals surface area contributed by atoms with E-state index in [2.05, 4.69) is 30.4 Å². The molecular formula is C18H26N2O2. The van der Waals surface area contributed by atoms with Crippen molar-refractivity contribution in [3.8, 4) is 0 Å². The number of aryl methyl sites for hydroxylation is 1. The number of nitrogens with one attached hydrogen (secondary N) is 1. The Balaban J connectivity index is 2.08. The summed E-state index contributed by atoms with van der Waals surface area (Å²) in [4.78, 5) is 26.0. The maximum absolute atomic E-state index is 12.8. The molecule has 1 aromatic carbocycles. The van der Waals surface area contributed by atoms with Crippen LogP contribution in [0.3, 0.4) is 0 Å². The number of benzene rings is 1. The summed E-state index contributed by atoms with van der Waals surface area (Å²) in [6.45, 7) is 2.46. The maximum atomic E-state index is 12.8. The number of carbonyl (C=O) groups excluding carboxylic acids is 2. The SMILES string of the molecule is Cc1cccc(C2(C(=O)NCCC(=O)N(C)C)CCCC2)c1. The minimum Gasteiger partial charge on any atom is -0.355 e. The van der Waals surface area contributed by atoms with Crippen LogP contribution in [0.4, 0.5) is 0 Å². The monoisotopic (exact) mass is 302 g/mol. The predicted molar refractivity (Wildman–Crippen MR) is 87.6 cm³/mol. The largest absolute Gasteiger partial charge is 0.355 e. The van der Waals surface area contributed by atoms with E-state index in [1.165, 1.54) is 5.56 Å². The van der Waals surface area contributed by atoms with Gasteiger partial charge in [0, 0.05) is 27.1 Å². The standard InChI is InChI=1S/C18H26N2O2/c1-14-7-6-8-15(13-14)18(10-4-5-11-18)17(22)19-12-9-16(21)20(2)3/h6-8,13H,4-5,9-12H2,1-3H3,(H,19,22). The van der Waals surface area contributed by atoms with E-state index in [1.54, 1.807) is 19.0 Å². The number of nitrogens with zero attached hydrogens (tertiary/aromatic N) is 1. The van der Waals surface area contributed by atoms with Crippen LogP contribution < -0.4 is 5.32 Å². The van der Waals surface area contributed by atoms with Gasteiger partial charge in [-0.05, 0) is 25.3 Å². The highest BCUT2D eigenvalue weighted by Gasteiger charge is 2.42. The third-order valence-electron chi connectivity index (χ3n) is 4.59. The molecule has 1 fully saturated rings. The van der Waals surface area contributed by atoms with Crippen LogP contribution in [-0.4, -0.2) is 37.4 Å². The van der Waals surface area contributed by atoms with Crippen molar-refractivity contribution < 1.29 is 9.59 Å². The summed E-state index contributed by atoms with van der Waals surface area (Å²) in [5.41, 5.74) is 1.88. The molecule has 4 heteroatoms. The highest BCUT2D eigenvalue weighted by Crippen LogP contribution is 2.41. The van der Waals surface area contributed by atoms with E-state index in [4.69, 9.17) is 0 Å². The average Bonchev–Trinajstić information content (AvgIpc) is 2.97. The molecule has 1 aliphatic carbocycles. The fourth-order valence-electron chi connectivity index (χ4n) is 3.24. The molecule has 0 atom stereocenters. The Morgan fingerprint density at radius 1 is 1.23 bits per heavy atom. The van der Waals surface area contributed by atoms with Crippen molar-refractivity contribution in [3.05, 3.63) is 35.4 Å². The van der Waals surface area contributed by atoms with E-state index in [1.807, 2.05) is 6.07 Å². The fourth-order valence-corrected chi connectivity index (χ4v) is 3.24. The summed E-state index contributed by atoms with van der Waals surface area (Å²) < 4.78 is 0. The Hall–Kier alpha value is -1.84. The molecule has 22 heavy (non-hydrogen) atoms. The summed E-state index contributed by atoms with van der Waals surface area (Å²) in [6.07, 6.45) is 4.30. The third-order valence-corrected chi connectivity index (χ3v) is 4.59. The molecular weight excluding hydrogens is 276 g/mol. The van der Waals surface area contributed by atoms with Gasteiger partial charge in [-0.15, -0.1) is 0 Å². The molecule has 1 aliphatic rings. The predicted octanol–water partition coefficient (Wildman–Crippen LogP) is 2.40. The van der Waals surface area contributed by atoms with Crippen LogP contribution in [0.1, 0.15) is 43.2 Å². The van der Waals surface area contributed by atoms with Crippen LogP contribution in [0.15, 0.2) is 24.3 Å². The lowest BCUT2D eigenvalue weighted by Crippen LogP contribution is -2.43. The minimum absolute atomic E-state index is 0.0383. The summed E-state index contributed by atoms with van der Waals surface area (Å²) in [5.74, 6) is 0.110. The van der Waals surface area contributed by atoms with Gasteiger partial charge in [0.25, 0.3) is 0 Å². The van der Waals surface area contributed by atoms with E-state index < -0.39 is 5.41 Å². The lowest BCUT2D eigenvalue weighted by atomic mass is 9.77. The molecule has 0 heterocycles. The molecule has 0 bridgehead atoms. The van der Waals surface area contributed by atoms with E-state index in [0.29, 0.717) is 13.0 Å². The molecule has 0 aliphatic heterocycles. The van der Waals surface area contributed by atoms with Crippen molar-refractivity contribution in [2.75, 3.05) is 20.6 Å². The topological polar surface area (TPSA) is 49.4 Å². The van der Waals surface area contributed by atoms with E-state index in [0.717, 1.165) is 31.2 Å². The number of amides is 2. The number of hydrogen-bond acceptors (Lipinski definition) is 2. The molecule has 0 unspecified atom stereocenters. The van der Waals surface area contributed by atoms with Crippen LogP contribution in [-0.2, 0) is 15.0 Å². The van der Waals surface area contributed by atoms with Gasteiger partial charge >= 0.3 is 0 Å². The van der Waals surface area contributed by atoms with Crippen molar-refractivity contribution in [2.45, 2.75) is 44.4 Å². The maximum Gasteiger partial charge on any atom is 0.230 e. The van der Waals surface area contributed by atoms with Gasteiger partial charge < -0.3 is 10.2 Å². The first-order valence-electron chi connectivity index (χ1n) is 8.01. The van der Waals surface area contributed by atoms with Gasteiger partial charge in [0.15, 0.2) is 0 Å². The van der Waals surface area contributed by atoms with Gasteiger partial charge in [-0.2, -0.15) is 0 Å². The second kappa shape index (κ2) is 6.95. The van der Waals surface area contributed by atoms with E-state index in [-0.39, 0.29) is 11.8 Å². The Labute approximate surface area is 132 Å².